The Labute approximate surface area is 157 Å². The van der Waals surface area contributed by atoms with Crippen molar-refractivity contribution in [2.75, 3.05) is 13.2 Å². The van der Waals surface area contributed by atoms with Gasteiger partial charge in [0.15, 0.2) is 11.6 Å². The lowest BCUT2D eigenvalue weighted by Crippen LogP contribution is -2.09. The smallest absolute Gasteiger partial charge is 0.336 e. The topological polar surface area (TPSA) is 57.1 Å². The van der Waals surface area contributed by atoms with E-state index >= 15 is 0 Å². The highest BCUT2D eigenvalue weighted by Gasteiger charge is 2.25. The number of benzene rings is 2. The molecule has 0 saturated heterocycles. The summed E-state index contributed by atoms with van der Waals surface area (Å²) in [5.74, 6) is -0.898. The third kappa shape index (κ3) is 4.34. The molecule has 0 aromatic heterocycles. The van der Waals surface area contributed by atoms with Gasteiger partial charge >= 0.3 is 5.97 Å². The predicted octanol–water partition coefficient (Wildman–Crippen LogP) is 4.19. The lowest BCUT2D eigenvalue weighted by molar-refractivity contribution is -0.138. The van der Waals surface area contributed by atoms with E-state index in [-0.39, 0.29) is 35.5 Å². The fourth-order valence-corrected chi connectivity index (χ4v) is 2.58. The lowest BCUT2D eigenvalue weighted by atomic mass is 10.1. The van der Waals surface area contributed by atoms with Crippen LogP contribution in [0, 0.1) is 5.82 Å². The number of esters is 1. The van der Waals surface area contributed by atoms with Crippen molar-refractivity contribution in [1.29, 1.82) is 0 Å². The SMILES string of the molecule is CCOC(=O)C(C)=COc1cccc(C2=NC[C@@H](c3ccccc3)O2)c1F. The Balaban J connectivity index is 1.74. The highest BCUT2D eigenvalue weighted by Crippen LogP contribution is 2.28. The van der Waals surface area contributed by atoms with Gasteiger partial charge in [0.2, 0.25) is 5.90 Å². The molecule has 1 aliphatic heterocycles. The summed E-state index contributed by atoms with van der Waals surface area (Å²) in [7, 11) is 0. The van der Waals surface area contributed by atoms with Gasteiger partial charge in [0.05, 0.1) is 24.3 Å². The molecular formula is C21H20FNO4. The van der Waals surface area contributed by atoms with Gasteiger partial charge in [-0.15, -0.1) is 0 Å². The fraction of sp³-hybridized carbons (Fsp3) is 0.238. The fourth-order valence-electron chi connectivity index (χ4n) is 2.58. The molecule has 6 heteroatoms. The van der Waals surface area contributed by atoms with Gasteiger partial charge in [-0.1, -0.05) is 36.4 Å². The number of hydrogen-bond donors (Lipinski definition) is 0. The molecule has 5 nitrogen and oxygen atoms in total. The Morgan fingerprint density at radius 1 is 1.26 bits per heavy atom. The number of carbonyl (C=O) groups is 1. The summed E-state index contributed by atoms with van der Waals surface area (Å²) >= 11 is 0. The molecule has 1 heterocycles. The lowest BCUT2D eigenvalue weighted by Gasteiger charge is -2.12. The van der Waals surface area contributed by atoms with E-state index in [2.05, 4.69) is 4.99 Å². The first-order valence-electron chi connectivity index (χ1n) is 8.65. The van der Waals surface area contributed by atoms with E-state index < -0.39 is 11.8 Å². The van der Waals surface area contributed by atoms with Crippen LogP contribution in [-0.2, 0) is 14.3 Å². The molecule has 2 aromatic rings. The Kier molecular flexibility index (Phi) is 5.86. The van der Waals surface area contributed by atoms with E-state index in [0.717, 1.165) is 5.56 Å². The predicted molar refractivity (Wildman–Crippen MR) is 99.1 cm³/mol. The monoisotopic (exact) mass is 369 g/mol. The molecule has 3 rings (SSSR count). The number of hydrogen-bond acceptors (Lipinski definition) is 5. The van der Waals surface area contributed by atoms with Gasteiger partial charge in [-0.05, 0) is 31.5 Å². The zero-order chi connectivity index (χ0) is 19.2. The molecule has 0 radical (unpaired) electrons. The van der Waals surface area contributed by atoms with Gasteiger partial charge in [-0.3, -0.25) is 0 Å². The number of aliphatic imine (C=N–C) groups is 1. The molecule has 1 aliphatic rings. The number of nitrogens with zero attached hydrogens (tertiary/aromatic N) is 1. The molecule has 0 spiro atoms. The summed E-state index contributed by atoms with van der Waals surface area (Å²) in [5, 5.41) is 0. The van der Waals surface area contributed by atoms with E-state index in [1.165, 1.54) is 19.3 Å². The third-order valence-corrected chi connectivity index (χ3v) is 3.98. The highest BCUT2D eigenvalue weighted by molar-refractivity contribution is 5.96. The second kappa shape index (κ2) is 8.49. The van der Waals surface area contributed by atoms with Crippen LogP contribution in [0.3, 0.4) is 0 Å². The van der Waals surface area contributed by atoms with Gasteiger partial charge in [0, 0.05) is 0 Å². The van der Waals surface area contributed by atoms with Crippen LogP contribution in [0.5, 0.6) is 5.75 Å². The van der Waals surface area contributed by atoms with Gasteiger partial charge in [0.25, 0.3) is 0 Å². The zero-order valence-corrected chi connectivity index (χ0v) is 15.1. The van der Waals surface area contributed by atoms with E-state index in [4.69, 9.17) is 14.2 Å². The quantitative estimate of drug-likeness (QED) is 0.435. The van der Waals surface area contributed by atoms with E-state index in [1.54, 1.807) is 19.1 Å². The second-order valence-corrected chi connectivity index (χ2v) is 5.92. The molecule has 140 valence electrons. The Morgan fingerprint density at radius 3 is 2.78 bits per heavy atom. The number of rotatable bonds is 6. The van der Waals surface area contributed by atoms with Crippen molar-refractivity contribution in [3.05, 3.63) is 77.3 Å². The van der Waals surface area contributed by atoms with Gasteiger partial charge in [0.1, 0.15) is 12.4 Å². The summed E-state index contributed by atoms with van der Waals surface area (Å²) < 4.78 is 30.8. The average Bonchev–Trinajstić information content (AvgIpc) is 3.18. The van der Waals surface area contributed by atoms with Crippen molar-refractivity contribution in [3.8, 4) is 5.75 Å². The molecule has 0 unspecified atom stereocenters. The molecule has 0 bridgehead atoms. The maximum Gasteiger partial charge on any atom is 0.336 e. The van der Waals surface area contributed by atoms with Crippen LogP contribution < -0.4 is 4.74 Å². The number of carbonyl (C=O) groups excluding carboxylic acids is 1. The Morgan fingerprint density at radius 2 is 2.04 bits per heavy atom. The molecule has 27 heavy (non-hydrogen) atoms. The van der Waals surface area contributed by atoms with Crippen molar-refractivity contribution in [3.63, 3.8) is 0 Å². The zero-order valence-electron chi connectivity index (χ0n) is 15.1. The summed E-state index contributed by atoms with van der Waals surface area (Å²) in [6, 6.07) is 14.3. The van der Waals surface area contributed by atoms with Crippen LogP contribution in [0.2, 0.25) is 0 Å². The minimum Gasteiger partial charge on any atom is -0.467 e. The van der Waals surface area contributed by atoms with E-state index in [9.17, 15) is 9.18 Å². The summed E-state index contributed by atoms with van der Waals surface area (Å²) in [6.07, 6.45) is 0.931. The van der Waals surface area contributed by atoms with Crippen LogP contribution in [0.15, 0.2) is 65.4 Å². The van der Waals surface area contributed by atoms with Gasteiger partial charge in [-0.25, -0.2) is 14.2 Å². The van der Waals surface area contributed by atoms with Crippen molar-refractivity contribution in [1.82, 2.24) is 0 Å². The normalized spacial score (nSPS) is 16.5. The van der Waals surface area contributed by atoms with Gasteiger partial charge in [-0.2, -0.15) is 0 Å². The Bertz CT molecular complexity index is 877. The first-order chi connectivity index (χ1) is 13.1. The van der Waals surface area contributed by atoms with Crippen LogP contribution in [0.25, 0.3) is 0 Å². The third-order valence-electron chi connectivity index (χ3n) is 3.98. The van der Waals surface area contributed by atoms with Crippen LogP contribution in [0.1, 0.15) is 31.1 Å². The molecular weight excluding hydrogens is 349 g/mol. The Hall–Kier alpha value is -3.15. The van der Waals surface area contributed by atoms with Crippen molar-refractivity contribution in [2.24, 2.45) is 4.99 Å². The molecule has 2 aromatic carbocycles. The van der Waals surface area contributed by atoms with Crippen molar-refractivity contribution >= 4 is 11.9 Å². The van der Waals surface area contributed by atoms with Crippen molar-refractivity contribution in [2.45, 2.75) is 20.0 Å². The average molecular weight is 369 g/mol. The van der Waals surface area contributed by atoms with E-state index in [0.29, 0.717) is 6.54 Å². The number of ether oxygens (including phenoxy) is 3. The molecule has 0 amide bonds. The highest BCUT2D eigenvalue weighted by atomic mass is 19.1. The van der Waals surface area contributed by atoms with Crippen molar-refractivity contribution < 1.29 is 23.4 Å². The minimum absolute atomic E-state index is 0.0226. The minimum atomic E-state index is -0.599. The summed E-state index contributed by atoms with van der Waals surface area (Å²) in [6.45, 7) is 3.92. The second-order valence-electron chi connectivity index (χ2n) is 5.92. The summed E-state index contributed by atoms with van der Waals surface area (Å²) in [4.78, 5) is 15.9. The maximum atomic E-state index is 14.8. The van der Waals surface area contributed by atoms with Gasteiger partial charge < -0.3 is 14.2 Å². The number of halogens is 1. The first-order valence-corrected chi connectivity index (χ1v) is 8.65. The van der Waals surface area contributed by atoms with Crippen LogP contribution in [-0.4, -0.2) is 25.0 Å². The molecule has 0 saturated carbocycles. The maximum absolute atomic E-state index is 14.8. The molecule has 0 fully saturated rings. The van der Waals surface area contributed by atoms with Crippen LogP contribution in [0.4, 0.5) is 4.39 Å². The first kappa shape index (κ1) is 18.6. The summed E-state index contributed by atoms with van der Waals surface area (Å²) in [5.41, 5.74) is 1.44. The standard InChI is InChI=1S/C21H20FNO4/c1-3-25-21(24)14(2)13-26-17-11-7-10-16(19(17)22)20-23-12-18(27-20)15-8-5-4-6-9-15/h4-11,13,18H,3,12H2,1-2H3/t18-/m0/s1. The molecule has 1 atom stereocenters. The van der Waals surface area contributed by atoms with Crippen LogP contribution >= 0.6 is 0 Å². The largest absolute Gasteiger partial charge is 0.467 e. The molecule has 0 N–H and O–H groups in total. The van der Waals surface area contributed by atoms with E-state index in [1.807, 2.05) is 30.3 Å². The molecule has 0 aliphatic carbocycles.